The van der Waals surface area contributed by atoms with Gasteiger partial charge < -0.3 is 0 Å². The smallest absolute Gasteiger partial charge is 0.166 e. The van der Waals surface area contributed by atoms with Crippen molar-refractivity contribution in [3.05, 3.63) is 47.5 Å². The molecule has 3 aromatic rings. The van der Waals surface area contributed by atoms with E-state index in [1.165, 1.54) is 12.1 Å². The third kappa shape index (κ3) is 2.34. The van der Waals surface area contributed by atoms with E-state index >= 15 is 0 Å². The van der Waals surface area contributed by atoms with Crippen LogP contribution in [0.2, 0.25) is 0 Å². The molecule has 0 N–H and O–H groups in total. The Morgan fingerprint density at radius 2 is 1.18 bits per heavy atom. The molecule has 3 rings (SSSR count). The van der Waals surface area contributed by atoms with Gasteiger partial charge in [-0.15, -0.1) is 10.2 Å². The van der Waals surface area contributed by atoms with Crippen molar-refractivity contribution < 1.29 is 26.3 Å². The first-order valence-electron chi connectivity index (χ1n) is 6.01. The summed E-state index contributed by atoms with van der Waals surface area (Å²) in [7, 11) is 0. The number of halogens is 6. The Hall–Kier alpha value is -2.38. The van der Waals surface area contributed by atoms with E-state index in [1.54, 1.807) is 12.1 Å². The fourth-order valence-electron chi connectivity index (χ4n) is 2.25. The van der Waals surface area contributed by atoms with Crippen LogP contribution in [0, 0.1) is 0 Å². The third-order valence-corrected chi connectivity index (χ3v) is 3.21. The molecule has 2 nitrogen and oxygen atoms in total. The highest BCUT2D eigenvalue weighted by atomic mass is 19.4. The molecule has 114 valence electrons. The van der Waals surface area contributed by atoms with Gasteiger partial charge >= 0.3 is 12.4 Å². The van der Waals surface area contributed by atoms with Gasteiger partial charge in [-0.1, -0.05) is 18.2 Å². The lowest BCUT2D eigenvalue weighted by Gasteiger charge is -2.16. The molecule has 0 spiro atoms. The van der Waals surface area contributed by atoms with Gasteiger partial charge in [0.15, 0.2) is 0 Å². The Kier molecular flexibility index (Phi) is 3.01. The number of rotatable bonds is 0. The zero-order chi connectivity index (χ0) is 16.1. The first kappa shape index (κ1) is 14.6. The maximum absolute atomic E-state index is 13.0. The monoisotopic (exact) mass is 316 g/mol. The lowest BCUT2D eigenvalue weighted by atomic mass is 10.0. The number of nitrogens with zero attached hydrogens (tertiary/aromatic N) is 2. The van der Waals surface area contributed by atoms with Crippen molar-refractivity contribution in [1.29, 1.82) is 0 Å². The number of fused-ring (bicyclic) bond motifs is 3. The van der Waals surface area contributed by atoms with Crippen LogP contribution in [0.25, 0.3) is 21.8 Å². The minimum atomic E-state index is -5.13. The predicted octanol–water partition coefficient (Wildman–Crippen LogP) is 4.82. The van der Waals surface area contributed by atoms with Gasteiger partial charge in [0, 0.05) is 10.8 Å². The number of benzene rings is 2. The van der Waals surface area contributed by atoms with Crippen LogP contribution in [-0.4, -0.2) is 10.2 Å². The van der Waals surface area contributed by atoms with Crippen molar-refractivity contribution in [3.63, 3.8) is 0 Å². The minimum absolute atomic E-state index is 0.0223. The molecule has 0 amide bonds. The predicted molar refractivity (Wildman–Crippen MR) is 67.0 cm³/mol. The molecule has 0 aliphatic carbocycles. The van der Waals surface area contributed by atoms with Crippen LogP contribution < -0.4 is 0 Å². The van der Waals surface area contributed by atoms with Crippen molar-refractivity contribution in [2.24, 2.45) is 0 Å². The Balaban J connectivity index is 2.46. The molecule has 0 saturated heterocycles. The number of hydrogen-bond donors (Lipinski definition) is 0. The van der Waals surface area contributed by atoms with Crippen molar-refractivity contribution >= 4 is 21.8 Å². The summed E-state index contributed by atoms with van der Waals surface area (Å²) in [6.45, 7) is 0. The van der Waals surface area contributed by atoms with Gasteiger partial charge in [-0.05, 0) is 18.2 Å². The van der Waals surface area contributed by atoms with Crippen LogP contribution in [0.3, 0.4) is 0 Å². The van der Waals surface area contributed by atoms with Crippen LogP contribution in [0.5, 0.6) is 0 Å². The lowest BCUT2D eigenvalue weighted by Crippen LogP contribution is -2.16. The van der Waals surface area contributed by atoms with E-state index in [1.807, 2.05) is 0 Å². The zero-order valence-corrected chi connectivity index (χ0v) is 10.6. The molecule has 1 aromatic heterocycles. The summed E-state index contributed by atoms with van der Waals surface area (Å²) in [4.78, 5) is 0. The summed E-state index contributed by atoms with van der Waals surface area (Å²) in [6.07, 6.45) is -10.3. The molecule has 0 aliphatic heterocycles. The summed E-state index contributed by atoms with van der Waals surface area (Å²) in [5.74, 6) is 0. The van der Waals surface area contributed by atoms with Gasteiger partial charge in [-0.25, -0.2) is 0 Å². The quantitative estimate of drug-likeness (QED) is 0.439. The van der Waals surface area contributed by atoms with Gasteiger partial charge in [0.1, 0.15) is 0 Å². The lowest BCUT2D eigenvalue weighted by molar-refractivity contribution is -0.161. The van der Waals surface area contributed by atoms with Gasteiger partial charge in [0.05, 0.1) is 22.2 Å². The second-order valence-corrected chi connectivity index (χ2v) is 4.63. The summed E-state index contributed by atoms with van der Waals surface area (Å²) in [5.41, 5.74) is -3.43. The molecule has 0 saturated carbocycles. The first-order chi connectivity index (χ1) is 10.2. The first-order valence-corrected chi connectivity index (χ1v) is 6.01. The fourth-order valence-corrected chi connectivity index (χ4v) is 2.25. The molecule has 0 fully saturated rings. The van der Waals surface area contributed by atoms with Crippen molar-refractivity contribution in [1.82, 2.24) is 10.2 Å². The standard InChI is InChI=1S/C14H6F6N2/c15-13(16,17)9-5-8-7-3-1-2-4-11(7)21-22-12(8)6-10(9)14(18,19)20/h1-6H. The maximum atomic E-state index is 13.0. The summed E-state index contributed by atoms with van der Waals surface area (Å²) >= 11 is 0. The molecular weight excluding hydrogens is 310 g/mol. The van der Waals surface area contributed by atoms with Gasteiger partial charge in [-0.2, -0.15) is 26.3 Å². The third-order valence-electron chi connectivity index (χ3n) is 3.21. The van der Waals surface area contributed by atoms with Crippen LogP contribution in [-0.2, 0) is 12.4 Å². The Labute approximate surface area is 119 Å². The van der Waals surface area contributed by atoms with E-state index < -0.39 is 23.5 Å². The summed E-state index contributed by atoms with van der Waals surface area (Å²) in [5, 5.41) is 7.60. The molecule has 0 bridgehead atoms. The highest BCUT2D eigenvalue weighted by Gasteiger charge is 2.43. The van der Waals surface area contributed by atoms with E-state index in [4.69, 9.17) is 0 Å². The Morgan fingerprint density at radius 1 is 0.636 bits per heavy atom. The van der Waals surface area contributed by atoms with Gasteiger partial charge in [0.2, 0.25) is 0 Å². The van der Waals surface area contributed by atoms with Gasteiger partial charge in [0.25, 0.3) is 0 Å². The molecule has 0 unspecified atom stereocenters. The fraction of sp³-hybridized carbons (Fsp3) is 0.143. The molecule has 2 aromatic carbocycles. The maximum Gasteiger partial charge on any atom is 0.417 e. The Bertz CT molecular complexity index is 867. The van der Waals surface area contributed by atoms with E-state index in [9.17, 15) is 26.3 Å². The molecule has 0 atom stereocenters. The molecule has 22 heavy (non-hydrogen) atoms. The Morgan fingerprint density at radius 3 is 1.82 bits per heavy atom. The minimum Gasteiger partial charge on any atom is -0.166 e. The van der Waals surface area contributed by atoms with Crippen molar-refractivity contribution in [3.8, 4) is 0 Å². The number of alkyl halides is 6. The summed E-state index contributed by atoms with van der Waals surface area (Å²) in [6, 6.07) is 7.05. The number of aromatic nitrogens is 2. The van der Waals surface area contributed by atoms with E-state index in [2.05, 4.69) is 10.2 Å². The SMILES string of the molecule is FC(F)(F)c1cc2nnc3ccccc3c2cc1C(F)(F)F. The molecule has 0 aliphatic rings. The van der Waals surface area contributed by atoms with E-state index in [-0.39, 0.29) is 10.9 Å². The highest BCUT2D eigenvalue weighted by Crippen LogP contribution is 2.42. The van der Waals surface area contributed by atoms with Crippen LogP contribution in [0.1, 0.15) is 11.1 Å². The van der Waals surface area contributed by atoms with Crippen molar-refractivity contribution in [2.45, 2.75) is 12.4 Å². The van der Waals surface area contributed by atoms with Gasteiger partial charge in [-0.3, -0.25) is 0 Å². The van der Waals surface area contributed by atoms with Crippen LogP contribution in [0.15, 0.2) is 36.4 Å². The second kappa shape index (κ2) is 4.56. The van der Waals surface area contributed by atoms with E-state index in [0.717, 1.165) is 0 Å². The van der Waals surface area contributed by atoms with E-state index in [0.29, 0.717) is 23.0 Å². The van der Waals surface area contributed by atoms with Crippen molar-refractivity contribution in [2.75, 3.05) is 0 Å². The topological polar surface area (TPSA) is 25.8 Å². The normalized spacial score (nSPS) is 13.0. The molecule has 0 radical (unpaired) electrons. The molecular formula is C14H6F6N2. The van der Waals surface area contributed by atoms with Crippen LogP contribution >= 0.6 is 0 Å². The van der Waals surface area contributed by atoms with Crippen LogP contribution in [0.4, 0.5) is 26.3 Å². The highest BCUT2D eigenvalue weighted by molar-refractivity contribution is 6.04. The second-order valence-electron chi connectivity index (χ2n) is 4.63. The number of hydrogen-bond acceptors (Lipinski definition) is 2. The average molecular weight is 316 g/mol. The zero-order valence-electron chi connectivity index (χ0n) is 10.6. The molecule has 1 heterocycles. The average Bonchev–Trinajstić information content (AvgIpc) is 2.44. The summed E-state index contributed by atoms with van der Waals surface area (Å²) < 4.78 is 77.5. The largest absolute Gasteiger partial charge is 0.417 e. The molecule has 8 heteroatoms.